The highest BCUT2D eigenvalue weighted by molar-refractivity contribution is 14.0. The lowest BCUT2D eigenvalue weighted by atomic mass is 10.1. The van der Waals surface area contributed by atoms with E-state index in [1.807, 2.05) is 6.92 Å². The van der Waals surface area contributed by atoms with Gasteiger partial charge >= 0.3 is 0 Å². The fourth-order valence-corrected chi connectivity index (χ4v) is 2.18. The molecule has 122 valence electrons. The van der Waals surface area contributed by atoms with Crippen molar-refractivity contribution in [1.29, 1.82) is 0 Å². The highest BCUT2D eigenvalue weighted by Gasteiger charge is 2.11. The maximum Gasteiger partial charge on any atom is 0.191 e. The van der Waals surface area contributed by atoms with E-state index in [9.17, 15) is 4.39 Å². The second-order valence-corrected chi connectivity index (χ2v) is 5.00. The predicted octanol–water partition coefficient (Wildman–Crippen LogP) is 3.96. The first-order valence-corrected chi connectivity index (χ1v) is 7.27. The number of nitrogens with one attached hydrogen (secondary N) is 2. The molecule has 2 aromatic rings. The van der Waals surface area contributed by atoms with Crippen molar-refractivity contribution in [2.45, 2.75) is 33.2 Å². The Labute approximate surface area is 147 Å². The Morgan fingerprint density at radius 1 is 1.32 bits per heavy atom. The highest BCUT2D eigenvalue weighted by atomic mass is 127. The lowest BCUT2D eigenvalue weighted by Gasteiger charge is -2.10. The predicted molar refractivity (Wildman–Crippen MR) is 99.4 cm³/mol. The summed E-state index contributed by atoms with van der Waals surface area (Å²) >= 11 is 0. The summed E-state index contributed by atoms with van der Waals surface area (Å²) in [6.45, 7) is 5.50. The van der Waals surface area contributed by atoms with Crippen molar-refractivity contribution in [1.82, 2.24) is 10.6 Å². The Morgan fingerprint density at radius 3 is 2.77 bits per heavy atom. The molecule has 0 amide bonds. The number of unbranched alkanes of at least 4 members (excludes halogenated alkanes) is 1. The van der Waals surface area contributed by atoms with Crippen LogP contribution in [0.5, 0.6) is 0 Å². The van der Waals surface area contributed by atoms with Gasteiger partial charge in [-0.15, -0.1) is 24.0 Å². The average molecular weight is 419 g/mol. The van der Waals surface area contributed by atoms with Crippen molar-refractivity contribution in [3.05, 3.63) is 35.3 Å². The number of nitrogens with zero attached hydrogens (tertiary/aromatic N) is 1. The molecule has 0 aliphatic carbocycles. The molecule has 0 aliphatic heterocycles. The molecule has 1 heterocycles. The van der Waals surface area contributed by atoms with Gasteiger partial charge in [0.2, 0.25) is 0 Å². The van der Waals surface area contributed by atoms with Gasteiger partial charge in [-0.2, -0.15) is 0 Å². The molecule has 0 fully saturated rings. The fourth-order valence-electron chi connectivity index (χ4n) is 2.18. The maximum absolute atomic E-state index is 13.3. The molecule has 2 N–H and O–H groups in total. The highest BCUT2D eigenvalue weighted by Crippen LogP contribution is 2.25. The van der Waals surface area contributed by atoms with E-state index in [1.54, 1.807) is 13.1 Å². The van der Waals surface area contributed by atoms with Gasteiger partial charge < -0.3 is 15.1 Å². The van der Waals surface area contributed by atoms with Gasteiger partial charge in [0.05, 0.1) is 6.54 Å². The zero-order valence-corrected chi connectivity index (χ0v) is 15.5. The van der Waals surface area contributed by atoms with Crippen molar-refractivity contribution in [2.75, 3.05) is 13.6 Å². The Kier molecular flexibility index (Phi) is 7.64. The number of hydrogen-bond acceptors (Lipinski definition) is 2. The van der Waals surface area contributed by atoms with Gasteiger partial charge in [0.25, 0.3) is 0 Å². The van der Waals surface area contributed by atoms with E-state index in [1.165, 1.54) is 12.1 Å². The summed E-state index contributed by atoms with van der Waals surface area (Å²) in [5, 5.41) is 7.27. The Morgan fingerprint density at radius 2 is 2.09 bits per heavy atom. The first-order valence-electron chi connectivity index (χ1n) is 7.27. The number of benzene rings is 1. The van der Waals surface area contributed by atoms with E-state index in [4.69, 9.17) is 4.42 Å². The molecule has 2 rings (SSSR count). The Balaban J connectivity index is 0.00000242. The van der Waals surface area contributed by atoms with Crippen LogP contribution in [0.1, 0.15) is 31.1 Å². The van der Waals surface area contributed by atoms with Crippen molar-refractivity contribution in [3.63, 3.8) is 0 Å². The van der Waals surface area contributed by atoms with Crippen LogP contribution in [0.25, 0.3) is 11.0 Å². The van der Waals surface area contributed by atoms with E-state index in [0.29, 0.717) is 12.1 Å². The van der Waals surface area contributed by atoms with Gasteiger partial charge in [0.15, 0.2) is 5.96 Å². The van der Waals surface area contributed by atoms with Gasteiger partial charge in [-0.05, 0) is 31.5 Å². The zero-order valence-electron chi connectivity index (χ0n) is 13.2. The monoisotopic (exact) mass is 419 g/mol. The Bertz CT molecular complexity index is 640. The van der Waals surface area contributed by atoms with Crippen molar-refractivity contribution in [3.8, 4) is 0 Å². The van der Waals surface area contributed by atoms with E-state index < -0.39 is 0 Å². The van der Waals surface area contributed by atoms with E-state index in [2.05, 4.69) is 22.5 Å². The quantitative estimate of drug-likeness (QED) is 0.334. The molecule has 1 aromatic carbocycles. The number of guanidine groups is 1. The number of rotatable bonds is 5. The topological polar surface area (TPSA) is 49.6 Å². The third-order valence-electron chi connectivity index (χ3n) is 3.46. The molecule has 22 heavy (non-hydrogen) atoms. The molecule has 0 aliphatic rings. The molecule has 0 saturated carbocycles. The normalized spacial score (nSPS) is 11.4. The molecule has 6 heteroatoms. The van der Waals surface area contributed by atoms with Gasteiger partial charge in [-0.25, -0.2) is 4.39 Å². The zero-order chi connectivity index (χ0) is 15.2. The lowest BCUT2D eigenvalue weighted by molar-refractivity contribution is 0.533. The summed E-state index contributed by atoms with van der Waals surface area (Å²) in [7, 11) is 1.74. The SMILES string of the molecule is CCCCNC(=NC)NCc1oc2ccc(F)cc2c1C.I. The first-order chi connectivity index (χ1) is 10.2. The molecule has 0 spiro atoms. The number of halogens is 2. The summed E-state index contributed by atoms with van der Waals surface area (Å²) in [4.78, 5) is 4.17. The average Bonchev–Trinajstić information content (AvgIpc) is 2.79. The third kappa shape index (κ3) is 4.59. The van der Waals surface area contributed by atoms with Crippen LogP contribution in [0, 0.1) is 12.7 Å². The summed E-state index contributed by atoms with van der Waals surface area (Å²) in [6, 6.07) is 4.58. The minimum Gasteiger partial charge on any atom is -0.459 e. The van der Waals surface area contributed by atoms with E-state index in [-0.39, 0.29) is 29.8 Å². The van der Waals surface area contributed by atoms with Crippen LogP contribution in [-0.2, 0) is 6.54 Å². The molecule has 0 bridgehead atoms. The number of hydrogen-bond donors (Lipinski definition) is 2. The summed E-state index contributed by atoms with van der Waals surface area (Å²) in [6.07, 6.45) is 2.24. The van der Waals surface area contributed by atoms with Gasteiger partial charge in [-0.3, -0.25) is 4.99 Å². The lowest BCUT2D eigenvalue weighted by Crippen LogP contribution is -2.37. The van der Waals surface area contributed by atoms with Crippen LogP contribution >= 0.6 is 24.0 Å². The van der Waals surface area contributed by atoms with E-state index in [0.717, 1.165) is 42.1 Å². The van der Waals surface area contributed by atoms with Crippen LogP contribution in [-0.4, -0.2) is 19.6 Å². The van der Waals surface area contributed by atoms with Crippen molar-refractivity contribution >= 4 is 40.9 Å². The van der Waals surface area contributed by atoms with Crippen LogP contribution in [0.3, 0.4) is 0 Å². The third-order valence-corrected chi connectivity index (χ3v) is 3.46. The van der Waals surface area contributed by atoms with Gasteiger partial charge in [-0.1, -0.05) is 13.3 Å². The fraction of sp³-hybridized carbons (Fsp3) is 0.438. The van der Waals surface area contributed by atoms with Crippen LogP contribution in [0.4, 0.5) is 4.39 Å². The first kappa shape index (κ1) is 18.7. The van der Waals surface area contributed by atoms with Crippen molar-refractivity contribution in [2.24, 2.45) is 4.99 Å². The van der Waals surface area contributed by atoms with Gasteiger partial charge in [0, 0.05) is 24.5 Å². The molecule has 0 saturated heterocycles. The number of fused-ring (bicyclic) bond motifs is 1. The maximum atomic E-state index is 13.3. The van der Waals surface area contributed by atoms with Crippen LogP contribution in [0.2, 0.25) is 0 Å². The largest absolute Gasteiger partial charge is 0.459 e. The summed E-state index contributed by atoms with van der Waals surface area (Å²) in [5.41, 5.74) is 1.67. The second kappa shape index (κ2) is 8.97. The molecular formula is C16H23FIN3O. The van der Waals surface area contributed by atoms with E-state index >= 15 is 0 Å². The molecular weight excluding hydrogens is 396 g/mol. The summed E-state index contributed by atoms with van der Waals surface area (Å²) < 4.78 is 19.0. The number of aliphatic imine (C=N–C) groups is 1. The number of aryl methyl sites for hydroxylation is 1. The van der Waals surface area contributed by atoms with Crippen molar-refractivity contribution < 1.29 is 8.81 Å². The smallest absolute Gasteiger partial charge is 0.191 e. The van der Waals surface area contributed by atoms with Gasteiger partial charge in [0.1, 0.15) is 17.2 Å². The summed E-state index contributed by atoms with van der Waals surface area (Å²) in [5.74, 6) is 1.30. The van der Waals surface area contributed by atoms with Crippen LogP contribution < -0.4 is 10.6 Å². The molecule has 0 unspecified atom stereocenters. The second-order valence-electron chi connectivity index (χ2n) is 5.00. The molecule has 0 atom stereocenters. The minimum atomic E-state index is -0.247. The molecule has 4 nitrogen and oxygen atoms in total. The van der Waals surface area contributed by atoms with Crippen LogP contribution in [0.15, 0.2) is 27.6 Å². The minimum absolute atomic E-state index is 0. The standard InChI is InChI=1S/C16H22FN3O.HI/c1-4-5-8-19-16(18-3)20-10-15-11(2)13-9-12(17)6-7-14(13)21-15;/h6-7,9H,4-5,8,10H2,1-3H3,(H2,18,19,20);1H. The molecule has 0 radical (unpaired) electrons. The molecule has 1 aromatic heterocycles. The number of furan rings is 1. The Hall–Kier alpha value is -1.31.